The number of hydrogen-bond acceptors (Lipinski definition) is 2. The van der Waals surface area contributed by atoms with Crippen LogP contribution in [0, 0.1) is 6.92 Å². The molecule has 1 amide bonds. The summed E-state index contributed by atoms with van der Waals surface area (Å²) < 4.78 is 1.90. The number of aryl methyl sites for hydroxylation is 2. The Hall–Kier alpha value is -2.62. The van der Waals surface area contributed by atoms with E-state index < -0.39 is 0 Å². The standard InChI is InChI=1S/C17H17N3O/c1-13-6-5-7-14-12-18-20(17(13)14)11-10-16(21)19-15-8-3-2-4-9-15/h2-9,12H,10-11H2,1H3,(H,19,21). The smallest absolute Gasteiger partial charge is 0.226 e. The van der Waals surface area contributed by atoms with Crippen molar-refractivity contribution in [2.45, 2.75) is 19.9 Å². The molecule has 4 heteroatoms. The number of fused-ring (bicyclic) bond motifs is 1. The van der Waals surface area contributed by atoms with Crippen molar-refractivity contribution in [2.24, 2.45) is 0 Å². The van der Waals surface area contributed by atoms with Crippen LogP contribution in [-0.2, 0) is 11.3 Å². The Labute approximate surface area is 123 Å². The van der Waals surface area contributed by atoms with Crippen molar-refractivity contribution < 1.29 is 4.79 Å². The van der Waals surface area contributed by atoms with Crippen LogP contribution in [0.1, 0.15) is 12.0 Å². The summed E-state index contributed by atoms with van der Waals surface area (Å²) in [6.07, 6.45) is 2.25. The van der Waals surface area contributed by atoms with Crippen molar-refractivity contribution in [3.05, 3.63) is 60.3 Å². The number of nitrogens with zero attached hydrogens (tertiary/aromatic N) is 2. The van der Waals surface area contributed by atoms with E-state index in [0.717, 1.165) is 16.6 Å². The van der Waals surface area contributed by atoms with Crippen molar-refractivity contribution in [3.8, 4) is 0 Å². The predicted molar refractivity (Wildman–Crippen MR) is 84.2 cm³/mol. The van der Waals surface area contributed by atoms with Crippen LogP contribution >= 0.6 is 0 Å². The first-order valence-corrected chi connectivity index (χ1v) is 7.00. The lowest BCUT2D eigenvalue weighted by atomic mass is 10.2. The number of para-hydroxylation sites is 2. The Balaban J connectivity index is 1.68. The van der Waals surface area contributed by atoms with E-state index in [9.17, 15) is 4.79 Å². The highest BCUT2D eigenvalue weighted by molar-refractivity contribution is 5.90. The van der Waals surface area contributed by atoms with Gasteiger partial charge in [0.2, 0.25) is 5.91 Å². The number of carbonyl (C=O) groups excluding carboxylic acids is 1. The normalized spacial score (nSPS) is 10.7. The second kappa shape index (κ2) is 5.79. The summed E-state index contributed by atoms with van der Waals surface area (Å²) in [5.41, 5.74) is 3.10. The topological polar surface area (TPSA) is 46.9 Å². The molecular weight excluding hydrogens is 262 g/mol. The maximum Gasteiger partial charge on any atom is 0.226 e. The molecule has 3 rings (SSSR count). The first kappa shape index (κ1) is 13.4. The molecule has 2 aromatic carbocycles. The van der Waals surface area contributed by atoms with Gasteiger partial charge in [0, 0.05) is 17.5 Å². The molecule has 0 aliphatic carbocycles. The van der Waals surface area contributed by atoms with Crippen molar-refractivity contribution in [1.29, 1.82) is 0 Å². The largest absolute Gasteiger partial charge is 0.326 e. The van der Waals surface area contributed by atoms with Gasteiger partial charge in [-0.25, -0.2) is 0 Å². The Morgan fingerprint density at radius 1 is 1.14 bits per heavy atom. The van der Waals surface area contributed by atoms with Gasteiger partial charge in [0.25, 0.3) is 0 Å². The molecule has 1 heterocycles. The van der Waals surface area contributed by atoms with Gasteiger partial charge in [-0.3, -0.25) is 9.48 Å². The van der Waals surface area contributed by atoms with E-state index in [-0.39, 0.29) is 5.91 Å². The maximum atomic E-state index is 12.0. The van der Waals surface area contributed by atoms with E-state index in [1.807, 2.05) is 53.3 Å². The molecule has 1 aromatic heterocycles. The molecule has 0 aliphatic heterocycles. The Kier molecular flexibility index (Phi) is 3.69. The number of hydrogen-bond donors (Lipinski definition) is 1. The Bertz CT molecular complexity index is 762. The molecule has 106 valence electrons. The number of amides is 1. The molecule has 4 nitrogen and oxygen atoms in total. The fraction of sp³-hybridized carbons (Fsp3) is 0.176. The number of rotatable bonds is 4. The second-order valence-electron chi connectivity index (χ2n) is 5.04. The lowest BCUT2D eigenvalue weighted by Crippen LogP contribution is -2.15. The molecule has 21 heavy (non-hydrogen) atoms. The molecule has 0 unspecified atom stereocenters. The van der Waals surface area contributed by atoms with Gasteiger partial charge in [-0.2, -0.15) is 5.10 Å². The van der Waals surface area contributed by atoms with Crippen LogP contribution in [0.5, 0.6) is 0 Å². The van der Waals surface area contributed by atoms with Gasteiger partial charge in [0.05, 0.1) is 18.3 Å². The van der Waals surface area contributed by atoms with Crippen molar-refractivity contribution in [3.63, 3.8) is 0 Å². The van der Waals surface area contributed by atoms with Crippen molar-refractivity contribution >= 4 is 22.5 Å². The van der Waals surface area contributed by atoms with E-state index in [2.05, 4.69) is 23.4 Å². The molecule has 0 atom stereocenters. The molecule has 0 radical (unpaired) electrons. The zero-order valence-corrected chi connectivity index (χ0v) is 11.9. The third kappa shape index (κ3) is 2.94. The fourth-order valence-corrected chi connectivity index (χ4v) is 2.45. The molecule has 1 N–H and O–H groups in total. The summed E-state index contributed by atoms with van der Waals surface area (Å²) in [5.74, 6) is -0.00145. The van der Waals surface area contributed by atoms with Gasteiger partial charge in [-0.1, -0.05) is 36.4 Å². The van der Waals surface area contributed by atoms with Gasteiger partial charge in [0.1, 0.15) is 0 Å². The van der Waals surface area contributed by atoms with E-state index in [1.165, 1.54) is 5.56 Å². The Morgan fingerprint density at radius 3 is 2.76 bits per heavy atom. The quantitative estimate of drug-likeness (QED) is 0.796. The molecule has 0 saturated carbocycles. The number of benzene rings is 2. The van der Waals surface area contributed by atoms with E-state index in [1.54, 1.807) is 0 Å². The summed E-state index contributed by atoms with van der Waals surface area (Å²) in [6, 6.07) is 15.6. The first-order chi connectivity index (χ1) is 10.2. The van der Waals surface area contributed by atoms with Crippen LogP contribution < -0.4 is 5.32 Å². The highest BCUT2D eigenvalue weighted by atomic mass is 16.1. The van der Waals surface area contributed by atoms with Gasteiger partial charge in [0.15, 0.2) is 0 Å². The van der Waals surface area contributed by atoms with Crippen LogP contribution in [0.3, 0.4) is 0 Å². The number of anilines is 1. The Morgan fingerprint density at radius 2 is 1.95 bits per heavy atom. The molecular formula is C17H17N3O. The van der Waals surface area contributed by atoms with Gasteiger partial charge in [-0.15, -0.1) is 0 Å². The second-order valence-corrected chi connectivity index (χ2v) is 5.04. The SMILES string of the molecule is Cc1cccc2cnn(CCC(=O)Nc3ccccc3)c12. The molecule has 0 aliphatic rings. The van der Waals surface area contributed by atoms with Crippen LogP contribution in [0.15, 0.2) is 54.7 Å². The predicted octanol–water partition coefficient (Wildman–Crippen LogP) is 3.37. The molecule has 0 fully saturated rings. The van der Waals surface area contributed by atoms with Crippen LogP contribution in [0.25, 0.3) is 10.9 Å². The van der Waals surface area contributed by atoms with Crippen LogP contribution in [0.4, 0.5) is 5.69 Å². The summed E-state index contributed by atoms with van der Waals surface area (Å²) in [5, 5.41) is 8.37. The third-order valence-corrected chi connectivity index (χ3v) is 3.47. The van der Waals surface area contributed by atoms with Gasteiger partial charge in [-0.05, 0) is 24.6 Å². The maximum absolute atomic E-state index is 12.0. The minimum Gasteiger partial charge on any atom is -0.326 e. The van der Waals surface area contributed by atoms with Crippen molar-refractivity contribution in [2.75, 3.05) is 5.32 Å². The summed E-state index contributed by atoms with van der Waals surface area (Å²) in [6.45, 7) is 2.64. The monoisotopic (exact) mass is 279 g/mol. The van der Waals surface area contributed by atoms with E-state index in [0.29, 0.717) is 13.0 Å². The van der Waals surface area contributed by atoms with E-state index >= 15 is 0 Å². The minimum atomic E-state index is -0.00145. The average Bonchev–Trinajstić information content (AvgIpc) is 2.91. The summed E-state index contributed by atoms with van der Waals surface area (Å²) in [4.78, 5) is 12.0. The molecule has 0 saturated heterocycles. The lowest BCUT2D eigenvalue weighted by molar-refractivity contribution is -0.116. The third-order valence-electron chi connectivity index (χ3n) is 3.47. The van der Waals surface area contributed by atoms with Crippen LogP contribution in [-0.4, -0.2) is 15.7 Å². The van der Waals surface area contributed by atoms with Crippen molar-refractivity contribution in [1.82, 2.24) is 9.78 Å². The lowest BCUT2D eigenvalue weighted by Gasteiger charge is -2.07. The zero-order chi connectivity index (χ0) is 14.7. The molecule has 0 spiro atoms. The number of aromatic nitrogens is 2. The van der Waals surface area contributed by atoms with E-state index in [4.69, 9.17) is 0 Å². The zero-order valence-electron chi connectivity index (χ0n) is 11.9. The molecule has 0 bridgehead atoms. The van der Waals surface area contributed by atoms with Gasteiger partial charge < -0.3 is 5.32 Å². The highest BCUT2D eigenvalue weighted by Gasteiger charge is 2.07. The first-order valence-electron chi connectivity index (χ1n) is 7.00. The van der Waals surface area contributed by atoms with Crippen LogP contribution in [0.2, 0.25) is 0 Å². The summed E-state index contributed by atoms with van der Waals surface area (Å²) in [7, 11) is 0. The number of nitrogens with one attached hydrogen (secondary N) is 1. The average molecular weight is 279 g/mol. The number of carbonyl (C=O) groups is 1. The highest BCUT2D eigenvalue weighted by Crippen LogP contribution is 2.18. The minimum absolute atomic E-state index is 0.00145. The molecule has 3 aromatic rings. The van der Waals surface area contributed by atoms with Gasteiger partial charge >= 0.3 is 0 Å². The summed E-state index contributed by atoms with van der Waals surface area (Å²) >= 11 is 0. The fourth-order valence-electron chi connectivity index (χ4n) is 2.45.